The van der Waals surface area contributed by atoms with Crippen molar-refractivity contribution in [3.63, 3.8) is 0 Å². The van der Waals surface area contributed by atoms with Gasteiger partial charge in [0.2, 0.25) is 5.88 Å². The number of imidazole rings is 1. The predicted molar refractivity (Wildman–Crippen MR) is 141 cm³/mol. The highest BCUT2D eigenvalue weighted by molar-refractivity contribution is 9.10. The Kier molecular flexibility index (Phi) is 5.35. The van der Waals surface area contributed by atoms with Gasteiger partial charge in [-0.1, -0.05) is 28.1 Å². The Morgan fingerprint density at radius 2 is 1.85 bits per heavy atom. The summed E-state index contributed by atoms with van der Waals surface area (Å²) in [6.07, 6.45) is 0.628. The Morgan fingerprint density at radius 3 is 2.56 bits per heavy atom. The zero-order valence-electron chi connectivity index (χ0n) is 19.2. The van der Waals surface area contributed by atoms with Gasteiger partial charge in [0, 0.05) is 52.3 Å². The molecule has 2 aliphatic rings. The number of morpholine rings is 1. The van der Waals surface area contributed by atoms with Gasteiger partial charge in [0.15, 0.2) is 4.77 Å². The monoisotopic (exact) mass is 538 g/mol. The van der Waals surface area contributed by atoms with Crippen molar-refractivity contribution in [2.45, 2.75) is 32.4 Å². The standard InChI is InChI=1S/C26H27BrN4O2S/c1-15(2)30-25(32)22-14-20-19-13-17(27)5-8-21(19)28-23(20)24(31(22)26(30)34)16-3-6-18(7-4-16)29-9-11-33-12-10-29/h3-8,13,15,24,28,32H,9-12,14H2,1-2H3. The van der Waals surface area contributed by atoms with Gasteiger partial charge >= 0.3 is 0 Å². The van der Waals surface area contributed by atoms with Crippen LogP contribution in [-0.4, -0.2) is 45.5 Å². The first-order valence-electron chi connectivity index (χ1n) is 11.7. The van der Waals surface area contributed by atoms with E-state index in [2.05, 4.69) is 86.7 Å². The molecule has 0 aliphatic carbocycles. The summed E-state index contributed by atoms with van der Waals surface area (Å²) < 4.78 is 11.2. The van der Waals surface area contributed by atoms with Gasteiger partial charge in [-0.3, -0.25) is 4.57 Å². The summed E-state index contributed by atoms with van der Waals surface area (Å²) in [6.45, 7) is 7.45. The minimum Gasteiger partial charge on any atom is -0.493 e. The number of hydrogen-bond acceptors (Lipinski definition) is 4. The fraction of sp³-hybridized carbons (Fsp3) is 0.346. The zero-order valence-corrected chi connectivity index (χ0v) is 21.6. The lowest BCUT2D eigenvalue weighted by Crippen LogP contribution is -2.36. The van der Waals surface area contributed by atoms with Crippen LogP contribution in [0.1, 0.15) is 48.4 Å². The Balaban J connectivity index is 1.54. The van der Waals surface area contributed by atoms with Gasteiger partial charge in [-0.15, -0.1) is 0 Å². The predicted octanol–water partition coefficient (Wildman–Crippen LogP) is 5.93. The molecule has 1 atom stereocenters. The molecule has 2 N–H and O–H groups in total. The molecule has 0 spiro atoms. The summed E-state index contributed by atoms with van der Waals surface area (Å²) >= 11 is 9.56. The van der Waals surface area contributed by atoms with Crippen LogP contribution in [-0.2, 0) is 11.2 Å². The minimum atomic E-state index is -0.137. The summed E-state index contributed by atoms with van der Waals surface area (Å²) in [4.78, 5) is 6.05. The maximum atomic E-state index is 11.2. The normalized spacial score (nSPS) is 17.9. The van der Waals surface area contributed by atoms with Gasteiger partial charge in [-0.25, -0.2) is 0 Å². The second kappa shape index (κ2) is 8.29. The van der Waals surface area contributed by atoms with E-state index in [9.17, 15) is 5.11 Å². The fourth-order valence-electron chi connectivity index (χ4n) is 5.43. The van der Waals surface area contributed by atoms with Crippen LogP contribution >= 0.6 is 28.1 Å². The van der Waals surface area contributed by atoms with Crippen molar-refractivity contribution in [3.05, 3.63) is 74.2 Å². The molecule has 0 saturated carbocycles. The number of benzene rings is 2. The lowest BCUT2D eigenvalue weighted by molar-refractivity contribution is 0.122. The van der Waals surface area contributed by atoms with Crippen molar-refractivity contribution in [2.24, 2.45) is 0 Å². The van der Waals surface area contributed by atoms with E-state index in [1.807, 2.05) is 4.57 Å². The lowest BCUT2D eigenvalue weighted by atomic mass is 9.93. The van der Waals surface area contributed by atoms with Gasteiger partial charge in [-0.2, -0.15) is 0 Å². The van der Waals surface area contributed by atoms with Gasteiger partial charge < -0.3 is 24.3 Å². The van der Waals surface area contributed by atoms with Crippen LogP contribution in [0, 0.1) is 4.77 Å². The van der Waals surface area contributed by atoms with Crippen molar-refractivity contribution in [1.82, 2.24) is 14.1 Å². The Morgan fingerprint density at radius 1 is 1.12 bits per heavy atom. The molecule has 4 aromatic rings. The summed E-state index contributed by atoms with van der Waals surface area (Å²) in [5.74, 6) is 0.268. The highest BCUT2D eigenvalue weighted by Crippen LogP contribution is 2.44. The molecular formula is C26H27BrN4O2S. The molecule has 34 heavy (non-hydrogen) atoms. The minimum absolute atomic E-state index is 0.0687. The van der Waals surface area contributed by atoms with Crippen LogP contribution in [0.5, 0.6) is 5.88 Å². The van der Waals surface area contributed by atoms with Crippen molar-refractivity contribution < 1.29 is 9.84 Å². The maximum absolute atomic E-state index is 11.2. The number of aromatic nitrogens is 3. The van der Waals surface area contributed by atoms with Crippen molar-refractivity contribution in [1.29, 1.82) is 0 Å². The number of halogens is 1. The van der Waals surface area contributed by atoms with Gasteiger partial charge in [0.1, 0.15) is 6.04 Å². The Hall–Kier alpha value is -2.55. The molecule has 6 rings (SSSR count). The Labute approximate surface area is 211 Å². The number of nitrogens with zero attached hydrogens (tertiary/aromatic N) is 3. The van der Waals surface area contributed by atoms with Crippen LogP contribution in [0.4, 0.5) is 5.69 Å². The summed E-state index contributed by atoms with van der Waals surface area (Å²) in [5.41, 5.74) is 6.66. The molecule has 0 amide bonds. The number of aromatic amines is 1. The third-order valence-corrected chi connectivity index (χ3v) is 7.95. The molecule has 0 radical (unpaired) electrons. The largest absolute Gasteiger partial charge is 0.493 e. The van der Waals surface area contributed by atoms with E-state index in [0.29, 0.717) is 11.2 Å². The van der Waals surface area contributed by atoms with Crippen LogP contribution < -0.4 is 4.90 Å². The fourth-order valence-corrected chi connectivity index (χ4v) is 6.30. The highest BCUT2D eigenvalue weighted by Gasteiger charge is 2.34. The SMILES string of the molecule is CC(C)n1c(O)c2n(c1=S)C(c1ccc(N3CCOCC3)cc1)c1[nH]c3ccc(Br)cc3c1C2. The lowest BCUT2D eigenvalue weighted by Gasteiger charge is -2.30. The molecule has 4 heterocycles. The first-order chi connectivity index (χ1) is 16.4. The molecule has 2 aromatic heterocycles. The van der Waals surface area contributed by atoms with Gasteiger partial charge in [0.25, 0.3) is 0 Å². The molecule has 2 aromatic carbocycles. The third-order valence-electron chi connectivity index (χ3n) is 7.07. The average Bonchev–Trinajstić information content (AvgIpc) is 3.32. The summed E-state index contributed by atoms with van der Waals surface area (Å²) in [6, 6.07) is 15.0. The number of ether oxygens (including phenoxy) is 1. The smallest absolute Gasteiger partial charge is 0.214 e. The molecule has 1 saturated heterocycles. The molecule has 176 valence electrons. The summed E-state index contributed by atoms with van der Waals surface area (Å²) in [7, 11) is 0. The van der Waals surface area contributed by atoms with Crippen molar-refractivity contribution in [3.8, 4) is 5.88 Å². The first kappa shape index (κ1) is 21.9. The van der Waals surface area contributed by atoms with Gasteiger partial charge in [0.05, 0.1) is 18.9 Å². The number of hydrogen-bond donors (Lipinski definition) is 2. The molecular weight excluding hydrogens is 512 g/mol. The van der Waals surface area contributed by atoms with E-state index in [-0.39, 0.29) is 18.0 Å². The van der Waals surface area contributed by atoms with Crippen LogP contribution in [0.25, 0.3) is 10.9 Å². The molecule has 6 nitrogen and oxygen atoms in total. The number of fused-ring (bicyclic) bond motifs is 4. The number of nitrogens with one attached hydrogen (secondary N) is 1. The summed E-state index contributed by atoms with van der Waals surface area (Å²) in [5, 5.41) is 12.4. The van der Waals surface area contributed by atoms with Crippen LogP contribution in [0.3, 0.4) is 0 Å². The topological polar surface area (TPSA) is 58.4 Å². The molecule has 8 heteroatoms. The number of H-pyrrole nitrogens is 1. The Bertz CT molecular complexity index is 1440. The van der Waals surface area contributed by atoms with E-state index in [1.165, 1.54) is 16.6 Å². The van der Waals surface area contributed by atoms with E-state index < -0.39 is 0 Å². The van der Waals surface area contributed by atoms with E-state index in [1.54, 1.807) is 0 Å². The van der Waals surface area contributed by atoms with Crippen molar-refractivity contribution >= 4 is 44.7 Å². The van der Waals surface area contributed by atoms with Gasteiger partial charge in [-0.05, 0) is 67.5 Å². The van der Waals surface area contributed by atoms with E-state index >= 15 is 0 Å². The van der Waals surface area contributed by atoms with Crippen LogP contribution in [0.15, 0.2) is 46.9 Å². The highest BCUT2D eigenvalue weighted by atomic mass is 79.9. The zero-order chi connectivity index (χ0) is 23.6. The van der Waals surface area contributed by atoms with Crippen molar-refractivity contribution in [2.75, 3.05) is 31.2 Å². The second-order valence-corrected chi connectivity index (χ2v) is 10.6. The first-order valence-corrected chi connectivity index (χ1v) is 12.9. The number of aromatic hydroxyl groups is 1. The second-order valence-electron chi connectivity index (χ2n) is 9.36. The van der Waals surface area contributed by atoms with E-state index in [4.69, 9.17) is 17.0 Å². The third kappa shape index (κ3) is 3.34. The van der Waals surface area contributed by atoms with Crippen LogP contribution in [0.2, 0.25) is 0 Å². The molecule has 0 bridgehead atoms. The molecule has 1 unspecified atom stereocenters. The van der Waals surface area contributed by atoms with E-state index in [0.717, 1.165) is 53.2 Å². The quantitative estimate of drug-likeness (QED) is 0.279. The molecule has 1 fully saturated rings. The maximum Gasteiger partial charge on any atom is 0.214 e. The molecule has 2 aliphatic heterocycles. The number of anilines is 1. The average molecular weight is 539 g/mol. The number of rotatable bonds is 3.